The third-order valence-corrected chi connectivity index (χ3v) is 4.60. The number of hydrogen-bond donors (Lipinski definition) is 0. The van der Waals surface area contributed by atoms with Crippen LogP contribution in [0, 0.1) is 5.41 Å². The molecule has 5 heteroatoms. The molecular formula is C9H16O4S. The maximum absolute atomic E-state index is 11.4. The van der Waals surface area contributed by atoms with Crippen molar-refractivity contribution < 1.29 is 17.9 Å². The summed E-state index contributed by atoms with van der Waals surface area (Å²) in [5.41, 5.74) is -0.304. The Morgan fingerprint density at radius 3 is 2.36 bits per heavy atom. The molecule has 1 saturated carbocycles. The lowest BCUT2D eigenvalue weighted by atomic mass is 10.1. The van der Waals surface area contributed by atoms with Gasteiger partial charge < -0.3 is 4.74 Å². The molecule has 1 aliphatic rings. The van der Waals surface area contributed by atoms with Gasteiger partial charge >= 0.3 is 5.97 Å². The minimum atomic E-state index is -2.98. The lowest BCUT2D eigenvalue weighted by molar-refractivity contribution is -0.141. The van der Waals surface area contributed by atoms with E-state index < -0.39 is 9.84 Å². The summed E-state index contributed by atoms with van der Waals surface area (Å²) >= 11 is 0. The van der Waals surface area contributed by atoms with Gasteiger partial charge in [-0.25, -0.2) is 8.42 Å². The minimum absolute atomic E-state index is 0.131. The molecule has 0 aromatic carbocycles. The van der Waals surface area contributed by atoms with Crippen LogP contribution < -0.4 is 0 Å². The molecule has 0 heterocycles. The molecule has 0 unspecified atom stereocenters. The van der Waals surface area contributed by atoms with Crippen LogP contribution in [-0.4, -0.2) is 33.0 Å². The summed E-state index contributed by atoms with van der Waals surface area (Å²) in [6.45, 7) is 1.63. The van der Waals surface area contributed by atoms with E-state index in [0.717, 1.165) is 12.8 Å². The highest BCUT2D eigenvalue weighted by molar-refractivity contribution is 7.91. The van der Waals surface area contributed by atoms with Crippen molar-refractivity contribution in [2.75, 3.05) is 18.6 Å². The molecule has 14 heavy (non-hydrogen) atoms. The van der Waals surface area contributed by atoms with Crippen molar-refractivity contribution >= 4 is 15.8 Å². The van der Waals surface area contributed by atoms with Crippen LogP contribution in [-0.2, 0) is 19.4 Å². The Morgan fingerprint density at radius 2 is 2.00 bits per heavy atom. The molecule has 0 bridgehead atoms. The highest BCUT2D eigenvalue weighted by atomic mass is 32.2. The van der Waals surface area contributed by atoms with Crippen LogP contribution in [0.25, 0.3) is 0 Å². The number of carbonyl (C=O) groups is 1. The van der Waals surface area contributed by atoms with Gasteiger partial charge in [-0.05, 0) is 18.3 Å². The second-order valence-electron chi connectivity index (χ2n) is 3.93. The zero-order chi connectivity index (χ0) is 10.8. The average Bonchev–Trinajstić information content (AvgIpc) is 2.84. The number of sulfone groups is 1. The van der Waals surface area contributed by atoms with Crippen LogP contribution in [0.4, 0.5) is 0 Å². The minimum Gasteiger partial charge on any atom is -0.469 e. The first kappa shape index (κ1) is 11.5. The van der Waals surface area contributed by atoms with Crippen LogP contribution in [0.15, 0.2) is 0 Å². The zero-order valence-corrected chi connectivity index (χ0v) is 9.39. The smallest absolute Gasteiger partial charge is 0.306 e. The first-order valence-electron chi connectivity index (χ1n) is 4.70. The van der Waals surface area contributed by atoms with Gasteiger partial charge in [0.25, 0.3) is 0 Å². The fourth-order valence-corrected chi connectivity index (χ4v) is 3.02. The number of rotatable bonds is 5. The van der Waals surface area contributed by atoms with Crippen molar-refractivity contribution in [3.8, 4) is 0 Å². The predicted octanol–water partition coefficient (Wildman–Crippen LogP) is 0.764. The van der Waals surface area contributed by atoms with E-state index in [2.05, 4.69) is 4.74 Å². The van der Waals surface area contributed by atoms with E-state index in [1.807, 2.05) is 0 Å². The molecule has 0 amide bonds. The topological polar surface area (TPSA) is 60.4 Å². The van der Waals surface area contributed by atoms with E-state index in [0.29, 0.717) is 0 Å². The molecular weight excluding hydrogens is 204 g/mol. The van der Waals surface area contributed by atoms with Gasteiger partial charge in [-0.2, -0.15) is 0 Å². The lowest BCUT2D eigenvalue weighted by Gasteiger charge is -2.12. The molecule has 1 aliphatic carbocycles. The summed E-state index contributed by atoms with van der Waals surface area (Å²) in [5.74, 6) is -0.0320. The van der Waals surface area contributed by atoms with E-state index in [4.69, 9.17) is 0 Å². The second-order valence-corrected chi connectivity index (χ2v) is 6.28. The Labute approximate surface area is 84.6 Å². The van der Waals surface area contributed by atoms with Gasteiger partial charge in [-0.1, -0.05) is 6.92 Å². The Morgan fingerprint density at radius 1 is 1.43 bits per heavy atom. The Balaban J connectivity index is 2.56. The first-order valence-corrected chi connectivity index (χ1v) is 6.52. The molecule has 0 aliphatic heterocycles. The number of ether oxygens (including phenoxy) is 1. The van der Waals surface area contributed by atoms with E-state index in [-0.39, 0.29) is 29.3 Å². The molecule has 82 valence electrons. The predicted molar refractivity (Wildman–Crippen MR) is 52.6 cm³/mol. The van der Waals surface area contributed by atoms with E-state index in [1.54, 1.807) is 6.92 Å². The van der Waals surface area contributed by atoms with Crippen molar-refractivity contribution in [2.24, 2.45) is 5.41 Å². The van der Waals surface area contributed by atoms with E-state index in [9.17, 15) is 13.2 Å². The summed E-state index contributed by atoms with van der Waals surface area (Å²) in [4.78, 5) is 11.0. The maximum atomic E-state index is 11.4. The molecule has 0 saturated heterocycles. The van der Waals surface area contributed by atoms with Crippen molar-refractivity contribution in [1.82, 2.24) is 0 Å². The van der Waals surface area contributed by atoms with E-state index in [1.165, 1.54) is 7.11 Å². The SMILES string of the molecule is CCS(=O)(=O)CC1(CC(=O)OC)CC1. The monoisotopic (exact) mass is 220 g/mol. The van der Waals surface area contributed by atoms with Crippen LogP contribution >= 0.6 is 0 Å². The normalized spacial score (nSPS) is 19.0. The Kier molecular flexibility index (Phi) is 3.19. The van der Waals surface area contributed by atoms with Crippen LogP contribution in [0.3, 0.4) is 0 Å². The standard InChI is InChI=1S/C9H16O4S/c1-3-14(11,12)7-9(4-5-9)6-8(10)13-2/h3-7H2,1-2H3. The molecule has 0 radical (unpaired) electrons. The summed E-state index contributed by atoms with van der Waals surface area (Å²) in [5, 5.41) is 0. The number of methoxy groups -OCH3 is 1. The fraction of sp³-hybridized carbons (Fsp3) is 0.889. The lowest BCUT2D eigenvalue weighted by Crippen LogP contribution is -2.22. The highest BCUT2D eigenvalue weighted by Crippen LogP contribution is 2.50. The maximum Gasteiger partial charge on any atom is 0.306 e. The van der Waals surface area contributed by atoms with Gasteiger partial charge in [0, 0.05) is 5.75 Å². The highest BCUT2D eigenvalue weighted by Gasteiger charge is 2.47. The Bertz CT molecular complexity index is 314. The fourth-order valence-electron chi connectivity index (χ4n) is 1.50. The van der Waals surface area contributed by atoms with Crippen LogP contribution in [0.2, 0.25) is 0 Å². The molecule has 1 rings (SSSR count). The van der Waals surface area contributed by atoms with E-state index >= 15 is 0 Å². The summed E-state index contributed by atoms with van der Waals surface area (Å²) < 4.78 is 27.3. The summed E-state index contributed by atoms with van der Waals surface area (Å²) in [7, 11) is -1.65. The van der Waals surface area contributed by atoms with Gasteiger partial charge in [-0.15, -0.1) is 0 Å². The number of carbonyl (C=O) groups excluding carboxylic acids is 1. The van der Waals surface area contributed by atoms with Gasteiger partial charge in [0.2, 0.25) is 0 Å². The summed E-state index contributed by atoms with van der Waals surface area (Å²) in [6, 6.07) is 0. The van der Waals surface area contributed by atoms with Crippen molar-refractivity contribution in [3.63, 3.8) is 0 Å². The zero-order valence-electron chi connectivity index (χ0n) is 8.58. The molecule has 0 aromatic rings. The van der Waals surface area contributed by atoms with Gasteiger partial charge in [0.15, 0.2) is 9.84 Å². The molecule has 0 spiro atoms. The van der Waals surface area contributed by atoms with Gasteiger partial charge in [0.1, 0.15) is 0 Å². The molecule has 0 N–H and O–H groups in total. The quantitative estimate of drug-likeness (QED) is 0.642. The van der Waals surface area contributed by atoms with Gasteiger partial charge in [-0.3, -0.25) is 4.79 Å². The van der Waals surface area contributed by atoms with Gasteiger partial charge in [0.05, 0.1) is 19.3 Å². The largest absolute Gasteiger partial charge is 0.469 e. The van der Waals surface area contributed by atoms with Crippen molar-refractivity contribution in [1.29, 1.82) is 0 Å². The first-order chi connectivity index (χ1) is 6.43. The van der Waals surface area contributed by atoms with Crippen LogP contribution in [0.1, 0.15) is 26.2 Å². The van der Waals surface area contributed by atoms with Crippen molar-refractivity contribution in [3.05, 3.63) is 0 Å². The average molecular weight is 220 g/mol. The molecule has 0 atom stereocenters. The third-order valence-electron chi connectivity index (χ3n) is 2.67. The third kappa shape index (κ3) is 2.97. The Hall–Kier alpha value is -0.580. The molecule has 0 aromatic heterocycles. The van der Waals surface area contributed by atoms with Crippen LogP contribution in [0.5, 0.6) is 0 Å². The molecule has 4 nitrogen and oxygen atoms in total. The molecule has 1 fully saturated rings. The second kappa shape index (κ2) is 3.88. The van der Waals surface area contributed by atoms with Crippen molar-refractivity contribution in [2.45, 2.75) is 26.2 Å². The number of hydrogen-bond acceptors (Lipinski definition) is 4. The number of esters is 1. The summed E-state index contributed by atoms with van der Waals surface area (Å²) in [6.07, 6.45) is 1.88.